The predicted molar refractivity (Wildman–Crippen MR) is 90.2 cm³/mol. The second kappa shape index (κ2) is 6.82. The zero-order valence-corrected chi connectivity index (χ0v) is 13.1. The van der Waals surface area contributed by atoms with E-state index in [1.165, 1.54) is 7.11 Å². The lowest BCUT2D eigenvalue weighted by molar-refractivity contribution is 0.0996. The minimum atomic E-state index is -0.589. The zero-order chi connectivity index (χ0) is 16.9. The lowest BCUT2D eigenvalue weighted by Crippen LogP contribution is -2.14. The third-order valence-corrected chi connectivity index (χ3v) is 3.51. The van der Waals surface area contributed by atoms with Gasteiger partial charge in [0.05, 0.1) is 25.5 Å². The Kier molecular flexibility index (Phi) is 4.42. The highest BCUT2D eigenvalue weighted by molar-refractivity contribution is 5.95. The van der Waals surface area contributed by atoms with Crippen LogP contribution in [0.4, 0.5) is 5.69 Å². The van der Waals surface area contributed by atoms with Gasteiger partial charge < -0.3 is 20.4 Å². The fourth-order valence-corrected chi connectivity index (χ4v) is 2.36. The second-order valence-electron chi connectivity index (χ2n) is 5.05. The van der Waals surface area contributed by atoms with E-state index in [1.807, 2.05) is 41.1 Å². The number of benzene rings is 1. The first kappa shape index (κ1) is 15.5. The summed E-state index contributed by atoms with van der Waals surface area (Å²) >= 11 is 0. The summed E-state index contributed by atoms with van der Waals surface area (Å²) in [7, 11) is 1.44. The first-order chi connectivity index (χ1) is 11.7. The minimum absolute atomic E-state index is 0.207. The van der Waals surface area contributed by atoms with Gasteiger partial charge in [-0.3, -0.25) is 4.79 Å². The number of hydrogen-bond acceptors (Lipinski definition) is 5. The van der Waals surface area contributed by atoms with Gasteiger partial charge in [-0.2, -0.15) is 0 Å². The monoisotopic (exact) mass is 323 g/mol. The second-order valence-corrected chi connectivity index (χ2v) is 5.05. The van der Waals surface area contributed by atoms with Gasteiger partial charge in [-0.25, -0.2) is 9.97 Å². The van der Waals surface area contributed by atoms with Crippen LogP contribution >= 0.6 is 0 Å². The highest BCUT2D eigenvalue weighted by atomic mass is 16.5. The molecule has 0 atom stereocenters. The average Bonchev–Trinajstić information content (AvgIpc) is 3.09. The van der Waals surface area contributed by atoms with Gasteiger partial charge >= 0.3 is 0 Å². The molecule has 1 amide bonds. The Labute approximate surface area is 139 Å². The van der Waals surface area contributed by atoms with Gasteiger partial charge in [0.15, 0.2) is 0 Å². The van der Waals surface area contributed by atoms with Crippen molar-refractivity contribution >= 4 is 11.6 Å². The maximum absolute atomic E-state index is 11.5. The molecule has 3 N–H and O–H groups in total. The predicted octanol–water partition coefficient (Wildman–Crippen LogP) is 1.99. The van der Waals surface area contributed by atoms with Gasteiger partial charge in [0.25, 0.3) is 5.91 Å². The van der Waals surface area contributed by atoms with Crippen LogP contribution in [0.5, 0.6) is 5.88 Å². The van der Waals surface area contributed by atoms with Crippen molar-refractivity contribution in [2.45, 2.75) is 6.54 Å². The average molecular weight is 323 g/mol. The maximum Gasteiger partial charge on any atom is 0.254 e. The molecular formula is C17H17N5O2. The SMILES string of the molecule is COc1ncc(NCc2nccn2-c2ccccc2)cc1C(N)=O. The Morgan fingerprint density at radius 3 is 2.79 bits per heavy atom. The highest BCUT2D eigenvalue weighted by Gasteiger charge is 2.12. The highest BCUT2D eigenvalue weighted by Crippen LogP contribution is 2.19. The summed E-state index contributed by atoms with van der Waals surface area (Å²) in [5, 5.41) is 3.19. The van der Waals surface area contributed by atoms with Gasteiger partial charge in [-0.15, -0.1) is 0 Å². The Morgan fingerprint density at radius 1 is 1.29 bits per heavy atom. The zero-order valence-electron chi connectivity index (χ0n) is 13.1. The van der Waals surface area contributed by atoms with Gasteiger partial charge in [0, 0.05) is 18.1 Å². The van der Waals surface area contributed by atoms with Crippen LogP contribution in [0.15, 0.2) is 55.0 Å². The van der Waals surface area contributed by atoms with Gasteiger partial charge in [0.1, 0.15) is 11.4 Å². The number of carbonyl (C=O) groups excluding carboxylic acids is 1. The van der Waals surface area contributed by atoms with Crippen LogP contribution in [-0.2, 0) is 6.54 Å². The van der Waals surface area contributed by atoms with E-state index in [-0.39, 0.29) is 11.4 Å². The summed E-state index contributed by atoms with van der Waals surface area (Å²) in [4.78, 5) is 19.9. The summed E-state index contributed by atoms with van der Waals surface area (Å²) in [5.41, 5.74) is 7.26. The molecule has 0 fully saturated rings. The van der Waals surface area contributed by atoms with Crippen molar-refractivity contribution in [3.05, 3.63) is 66.4 Å². The number of ether oxygens (including phenoxy) is 1. The van der Waals surface area contributed by atoms with E-state index < -0.39 is 5.91 Å². The van der Waals surface area contributed by atoms with Crippen LogP contribution in [-0.4, -0.2) is 27.6 Å². The molecule has 24 heavy (non-hydrogen) atoms. The summed E-state index contributed by atoms with van der Waals surface area (Å²) in [6, 6.07) is 11.5. The number of primary amides is 1. The quantitative estimate of drug-likeness (QED) is 0.723. The Hall–Kier alpha value is -3.35. The summed E-state index contributed by atoms with van der Waals surface area (Å²) in [6.45, 7) is 0.466. The van der Waals surface area contributed by atoms with E-state index in [2.05, 4.69) is 15.3 Å². The summed E-state index contributed by atoms with van der Waals surface area (Å²) < 4.78 is 7.02. The molecule has 0 aliphatic carbocycles. The number of nitrogens with one attached hydrogen (secondary N) is 1. The van der Waals surface area contributed by atoms with E-state index in [4.69, 9.17) is 10.5 Å². The summed E-state index contributed by atoms with van der Waals surface area (Å²) in [5.74, 6) is 0.449. The number of nitrogens with two attached hydrogens (primary N) is 1. The van der Waals surface area contributed by atoms with Gasteiger partial charge in [-0.1, -0.05) is 18.2 Å². The Bertz CT molecular complexity index is 845. The van der Waals surface area contributed by atoms with Crippen molar-refractivity contribution in [2.24, 2.45) is 5.73 Å². The fraction of sp³-hybridized carbons (Fsp3) is 0.118. The largest absolute Gasteiger partial charge is 0.480 e. The standard InChI is InChI=1S/C17H17N5O2/c1-24-17-14(16(18)23)9-12(10-21-17)20-11-15-19-7-8-22(15)13-5-3-2-4-6-13/h2-10,20H,11H2,1H3,(H2,18,23). The third-order valence-electron chi connectivity index (χ3n) is 3.51. The number of para-hydroxylation sites is 1. The van der Waals surface area contributed by atoms with Crippen molar-refractivity contribution in [3.8, 4) is 11.6 Å². The first-order valence-electron chi connectivity index (χ1n) is 7.34. The van der Waals surface area contributed by atoms with Crippen molar-refractivity contribution < 1.29 is 9.53 Å². The fourth-order valence-electron chi connectivity index (χ4n) is 2.36. The molecule has 122 valence electrons. The topological polar surface area (TPSA) is 95.1 Å². The van der Waals surface area contributed by atoms with Crippen molar-refractivity contribution in [2.75, 3.05) is 12.4 Å². The number of aromatic nitrogens is 3. The van der Waals surface area contributed by atoms with Crippen LogP contribution in [0, 0.1) is 0 Å². The van der Waals surface area contributed by atoms with Crippen LogP contribution in [0.25, 0.3) is 5.69 Å². The molecule has 0 saturated heterocycles. The first-order valence-corrected chi connectivity index (χ1v) is 7.34. The van der Waals surface area contributed by atoms with Crippen molar-refractivity contribution in [3.63, 3.8) is 0 Å². The molecule has 3 rings (SSSR count). The van der Waals surface area contributed by atoms with Crippen molar-refractivity contribution in [1.82, 2.24) is 14.5 Å². The van der Waals surface area contributed by atoms with E-state index in [1.54, 1.807) is 18.5 Å². The molecular weight excluding hydrogens is 306 g/mol. The summed E-state index contributed by atoms with van der Waals surface area (Å²) in [6.07, 6.45) is 5.22. The maximum atomic E-state index is 11.5. The Morgan fingerprint density at radius 2 is 2.08 bits per heavy atom. The number of rotatable bonds is 6. The number of methoxy groups -OCH3 is 1. The molecule has 2 aromatic heterocycles. The Balaban J connectivity index is 1.79. The van der Waals surface area contributed by atoms with Gasteiger partial charge in [-0.05, 0) is 18.2 Å². The molecule has 0 unspecified atom stereocenters. The van der Waals surface area contributed by atoms with Crippen LogP contribution < -0.4 is 15.8 Å². The molecule has 1 aromatic carbocycles. The molecule has 2 heterocycles. The molecule has 0 spiro atoms. The third kappa shape index (κ3) is 3.19. The van der Waals surface area contributed by atoms with Gasteiger partial charge in [0.2, 0.25) is 5.88 Å². The molecule has 3 aromatic rings. The lowest BCUT2D eigenvalue weighted by atomic mass is 10.2. The number of pyridine rings is 1. The van der Waals surface area contributed by atoms with E-state index >= 15 is 0 Å². The minimum Gasteiger partial charge on any atom is -0.480 e. The number of amides is 1. The molecule has 0 saturated carbocycles. The van der Waals surface area contributed by atoms with E-state index in [0.717, 1.165) is 11.5 Å². The molecule has 0 radical (unpaired) electrons. The normalized spacial score (nSPS) is 10.4. The van der Waals surface area contributed by atoms with Crippen molar-refractivity contribution in [1.29, 1.82) is 0 Å². The van der Waals surface area contributed by atoms with Crippen LogP contribution in [0.2, 0.25) is 0 Å². The number of carbonyl (C=O) groups is 1. The molecule has 0 bridgehead atoms. The smallest absolute Gasteiger partial charge is 0.254 e. The number of imidazole rings is 1. The van der Waals surface area contributed by atoms with E-state index in [0.29, 0.717) is 12.2 Å². The lowest BCUT2D eigenvalue weighted by Gasteiger charge is -2.11. The van der Waals surface area contributed by atoms with E-state index in [9.17, 15) is 4.79 Å². The van der Waals surface area contributed by atoms with Crippen LogP contribution in [0.3, 0.4) is 0 Å². The number of anilines is 1. The molecule has 0 aliphatic rings. The molecule has 0 aliphatic heterocycles. The molecule has 7 nitrogen and oxygen atoms in total. The van der Waals surface area contributed by atoms with Crippen LogP contribution in [0.1, 0.15) is 16.2 Å². The number of hydrogen-bond donors (Lipinski definition) is 2. The number of nitrogens with zero attached hydrogens (tertiary/aromatic N) is 3. The molecule has 7 heteroatoms.